The molecule has 6 nitrogen and oxygen atoms in total. The van der Waals surface area contributed by atoms with E-state index >= 15 is 4.39 Å². The molecule has 0 unspecified atom stereocenters. The SMILES string of the molecule is CCCCn1cc(S(=O)(=O)c2cccc(C)c2)c(=O)c2cc(F)c(N3CCN(CC)CC3)cc21. The van der Waals surface area contributed by atoms with Gasteiger partial charge in [0.15, 0.2) is 0 Å². The summed E-state index contributed by atoms with van der Waals surface area (Å²) >= 11 is 0. The van der Waals surface area contributed by atoms with E-state index in [9.17, 15) is 13.2 Å². The molecule has 1 aliphatic rings. The zero-order chi connectivity index (χ0) is 24.5. The molecule has 0 spiro atoms. The number of nitrogens with zero attached hydrogens (tertiary/aromatic N) is 3. The van der Waals surface area contributed by atoms with Gasteiger partial charge in [-0.15, -0.1) is 0 Å². The molecule has 1 saturated heterocycles. The summed E-state index contributed by atoms with van der Waals surface area (Å²) in [6.07, 6.45) is 3.15. The fraction of sp³-hybridized carbons (Fsp3) is 0.423. The molecule has 0 radical (unpaired) electrons. The van der Waals surface area contributed by atoms with Gasteiger partial charge in [-0.3, -0.25) is 4.79 Å². The van der Waals surface area contributed by atoms with Gasteiger partial charge in [-0.05, 0) is 49.7 Å². The molecule has 34 heavy (non-hydrogen) atoms. The minimum atomic E-state index is -4.06. The molecule has 2 heterocycles. The van der Waals surface area contributed by atoms with Gasteiger partial charge in [0.05, 0.1) is 21.5 Å². The van der Waals surface area contributed by atoms with E-state index in [0.717, 1.165) is 38.0 Å². The maximum atomic E-state index is 15.3. The van der Waals surface area contributed by atoms with Gasteiger partial charge in [-0.25, -0.2) is 12.8 Å². The number of likely N-dealkylation sites (N-methyl/N-ethyl adjacent to an activating group) is 1. The molecule has 1 aliphatic heterocycles. The van der Waals surface area contributed by atoms with Gasteiger partial charge in [0.25, 0.3) is 0 Å². The normalized spacial score (nSPS) is 15.2. The van der Waals surface area contributed by atoms with Crippen LogP contribution in [0.2, 0.25) is 0 Å². The minimum absolute atomic E-state index is 0.0666. The van der Waals surface area contributed by atoms with Gasteiger partial charge in [0, 0.05) is 38.9 Å². The van der Waals surface area contributed by atoms with Crippen LogP contribution < -0.4 is 10.3 Å². The van der Waals surface area contributed by atoms with Crippen molar-refractivity contribution in [1.82, 2.24) is 9.47 Å². The number of hydrogen-bond acceptors (Lipinski definition) is 5. The summed E-state index contributed by atoms with van der Waals surface area (Å²) in [5, 5.41) is 0.0956. The second kappa shape index (κ2) is 9.88. The van der Waals surface area contributed by atoms with Gasteiger partial charge in [0.2, 0.25) is 15.3 Å². The number of aryl methyl sites for hydroxylation is 2. The predicted molar refractivity (Wildman–Crippen MR) is 134 cm³/mol. The Morgan fingerprint density at radius 1 is 1.03 bits per heavy atom. The third-order valence-corrected chi connectivity index (χ3v) is 8.36. The quantitative estimate of drug-likeness (QED) is 0.501. The third-order valence-electron chi connectivity index (χ3n) is 6.62. The van der Waals surface area contributed by atoms with Crippen LogP contribution in [0.3, 0.4) is 0 Å². The highest BCUT2D eigenvalue weighted by Gasteiger charge is 2.26. The highest BCUT2D eigenvalue weighted by atomic mass is 32.2. The first-order chi connectivity index (χ1) is 16.3. The first kappa shape index (κ1) is 24.4. The van der Waals surface area contributed by atoms with Crippen LogP contribution in [0.5, 0.6) is 0 Å². The van der Waals surface area contributed by atoms with Gasteiger partial charge in [-0.2, -0.15) is 0 Å². The van der Waals surface area contributed by atoms with E-state index in [1.807, 2.05) is 11.8 Å². The van der Waals surface area contributed by atoms with Crippen LogP contribution in [0.4, 0.5) is 10.1 Å². The van der Waals surface area contributed by atoms with Crippen LogP contribution >= 0.6 is 0 Å². The van der Waals surface area contributed by atoms with Gasteiger partial charge >= 0.3 is 0 Å². The number of benzene rings is 2. The van der Waals surface area contributed by atoms with Crippen molar-refractivity contribution in [3.63, 3.8) is 0 Å². The highest BCUT2D eigenvalue weighted by molar-refractivity contribution is 7.91. The average molecular weight is 486 g/mol. The van der Waals surface area contributed by atoms with E-state index in [-0.39, 0.29) is 15.2 Å². The summed E-state index contributed by atoms with van der Waals surface area (Å²) in [7, 11) is -4.06. The van der Waals surface area contributed by atoms with Crippen molar-refractivity contribution >= 4 is 26.4 Å². The summed E-state index contributed by atoms with van der Waals surface area (Å²) in [4.78, 5) is 17.5. The smallest absolute Gasteiger partial charge is 0.211 e. The lowest BCUT2D eigenvalue weighted by Crippen LogP contribution is -2.46. The van der Waals surface area contributed by atoms with E-state index in [4.69, 9.17) is 0 Å². The van der Waals surface area contributed by atoms with Crippen LogP contribution in [0.15, 0.2) is 57.2 Å². The molecule has 0 aliphatic carbocycles. The number of piperazine rings is 1. The average Bonchev–Trinajstić information content (AvgIpc) is 2.83. The van der Waals surface area contributed by atoms with Crippen molar-refractivity contribution in [2.45, 2.75) is 49.9 Å². The Labute approximate surface area is 200 Å². The monoisotopic (exact) mass is 485 g/mol. The Bertz CT molecular complexity index is 1360. The molecule has 0 amide bonds. The summed E-state index contributed by atoms with van der Waals surface area (Å²) in [5.74, 6) is -0.498. The number of anilines is 1. The Balaban J connectivity index is 1.88. The van der Waals surface area contributed by atoms with E-state index < -0.39 is 21.1 Å². The molecule has 0 bridgehead atoms. The Morgan fingerprint density at radius 2 is 1.76 bits per heavy atom. The molecular formula is C26H32FN3O3S. The van der Waals surface area contributed by atoms with Crippen LogP contribution in [0.25, 0.3) is 10.9 Å². The number of sulfone groups is 1. The van der Waals surface area contributed by atoms with Crippen molar-refractivity contribution in [1.29, 1.82) is 0 Å². The maximum Gasteiger partial charge on any atom is 0.211 e. The number of rotatable bonds is 7. The lowest BCUT2D eigenvalue weighted by atomic mass is 10.1. The largest absolute Gasteiger partial charge is 0.367 e. The Kier molecular flexibility index (Phi) is 7.09. The molecule has 2 aromatic carbocycles. The molecule has 1 fully saturated rings. The van der Waals surface area contributed by atoms with E-state index in [1.54, 1.807) is 35.8 Å². The van der Waals surface area contributed by atoms with Crippen LogP contribution in [0, 0.1) is 12.7 Å². The second-order valence-electron chi connectivity index (χ2n) is 8.93. The predicted octanol–water partition coefficient (Wildman–Crippen LogP) is 4.22. The molecular weight excluding hydrogens is 453 g/mol. The lowest BCUT2D eigenvalue weighted by Gasteiger charge is -2.35. The molecule has 0 N–H and O–H groups in total. The van der Waals surface area contributed by atoms with Crippen molar-refractivity contribution in [2.75, 3.05) is 37.6 Å². The van der Waals surface area contributed by atoms with Crippen LogP contribution in [-0.4, -0.2) is 50.6 Å². The molecule has 0 saturated carbocycles. The first-order valence-corrected chi connectivity index (χ1v) is 13.4. The topological polar surface area (TPSA) is 62.6 Å². The zero-order valence-corrected chi connectivity index (χ0v) is 20.9. The van der Waals surface area contributed by atoms with Crippen molar-refractivity contribution in [3.05, 3.63) is 64.2 Å². The van der Waals surface area contributed by atoms with E-state index in [0.29, 0.717) is 30.8 Å². The maximum absolute atomic E-state index is 15.3. The number of fused-ring (bicyclic) bond motifs is 1. The van der Waals surface area contributed by atoms with E-state index in [2.05, 4.69) is 11.8 Å². The minimum Gasteiger partial charge on any atom is -0.367 e. The highest BCUT2D eigenvalue weighted by Crippen LogP contribution is 2.28. The summed E-state index contributed by atoms with van der Waals surface area (Å²) in [6.45, 7) is 10.6. The second-order valence-corrected chi connectivity index (χ2v) is 10.8. The lowest BCUT2D eigenvalue weighted by molar-refractivity contribution is 0.270. The number of pyridine rings is 1. The van der Waals surface area contributed by atoms with Gasteiger partial charge in [0.1, 0.15) is 10.7 Å². The molecule has 8 heteroatoms. The standard InChI is InChI=1S/C26H32FN3O3S/c1-4-6-10-30-18-25(34(32,33)20-9-7-8-19(3)15-20)26(31)21-16-22(27)24(17-23(21)30)29-13-11-28(5-2)12-14-29/h7-9,15-18H,4-6,10-14H2,1-3H3. The van der Waals surface area contributed by atoms with Crippen LogP contribution in [-0.2, 0) is 16.4 Å². The van der Waals surface area contributed by atoms with Gasteiger partial charge in [-0.1, -0.05) is 32.4 Å². The summed E-state index contributed by atoms with van der Waals surface area (Å²) < 4.78 is 43.9. The number of hydrogen-bond donors (Lipinski definition) is 0. The molecule has 3 aromatic rings. The summed E-state index contributed by atoms with van der Waals surface area (Å²) in [6, 6.07) is 9.43. The van der Waals surface area contributed by atoms with Crippen molar-refractivity contribution in [2.24, 2.45) is 0 Å². The molecule has 4 rings (SSSR count). The third kappa shape index (κ3) is 4.61. The molecule has 0 atom stereocenters. The fourth-order valence-electron chi connectivity index (χ4n) is 4.53. The van der Waals surface area contributed by atoms with Gasteiger partial charge < -0.3 is 14.4 Å². The molecule has 182 valence electrons. The Morgan fingerprint density at radius 3 is 2.41 bits per heavy atom. The zero-order valence-electron chi connectivity index (χ0n) is 20.1. The number of unbranched alkanes of at least 4 members (excludes halogenated alkanes) is 1. The number of halogens is 1. The Hall–Kier alpha value is -2.71. The van der Waals surface area contributed by atoms with Crippen molar-refractivity contribution < 1.29 is 12.8 Å². The van der Waals surface area contributed by atoms with Crippen LogP contribution in [0.1, 0.15) is 32.3 Å². The van der Waals surface area contributed by atoms with E-state index in [1.165, 1.54) is 18.3 Å². The fourth-order valence-corrected chi connectivity index (χ4v) is 6.01. The summed E-state index contributed by atoms with van der Waals surface area (Å²) in [5.41, 5.74) is 1.15. The number of aromatic nitrogens is 1. The van der Waals surface area contributed by atoms with Crippen molar-refractivity contribution in [3.8, 4) is 0 Å². The molecule has 1 aromatic heterocycles. The first-order valence-electron chi connectivity index (χ1n) is 11.9.